The Bertz CT molecular complexity index is 450. The Kier molecular flexibility index (Phi) is 2.87. The second kappa shape index (κ2) is 4.31. The van der Waals surface area contributed by atoms with Crippen LogP contribution in [0.2, 0.25) is 0 Å². The molecule has 0 aliphatic rings. The molecule has 0 amide bonds. The Morgan fingerprint density at radius 2 is 2.33 bits per heavy atom. The fraction of sp³-hybridized carbons (Fsp3) is 0.364. The third-order valence-electron chi connectivity index (χ3n) is 2.39. The second-order valence-corrected chi connectivity index (χ2v) is 3.57. The summed E-state index contributed by atoms with van der Waals surface area (Å²) >= 11 is 0. The van der Waals surface area contributed by atoms with E-state index in [9.17, 15) is 0 Å². The van der Waals surface area contributed by atoms with Gasteiger partial charge in [-0.3, -0.25) is 5.43 Å². The number of nitrogens with zero attached hydrogens (tertiary/aromatic N) is 1. The maximum absolute atomic E-state index is 5.33. The van der Waals surface area contributed by atoms with Crippen LogP contribution in [0.5, 0.6) is 0 Å². The van der Waals surface area contributed by atoms with Gasteiger partial charge in [0.05, 0.1) is 0 Å². The molecule has 4 heteroatoms. The van der Waals surface area contributed by atoms with E-state index in [1.807, 2.05) is 6.07 Å². The van der Waals surface area contributed by atoms with Crippen LogP contribution in [0.15, 0.2) is 22.6 Å². The summed E-state index contributed by atoms with van der Waals surface area (Å²) in [4.78, 5) is 4.20. The van der Waals surface area contributed by atoms with Gasteiger partial charge in [-0.25, -0.2) is 5.84 Å². The third-order valence-corrected chi connectivity index (χ3v) is 2.39. The van der Waals surface area contributed by atoms with Crippen LogP contribution in [-0.2, 0) is 6.42 Å². The van der Waals surface area contributed by atoms with Crippen LogP contribution < -0.4 is 11.3 Å². The number of hydrazine groups is 1. The summed E-state index contributed by atoms with van der Waals surface area (Å²) in [5, 5.41) is 0. The van der Waals surface area contributed by atoms with E-state index >= 15 is 0 Å². The van der Waals surface area contributed by atoms with Gasteiger partial charge >= 0.3 is 6.01 Å². The number of anilines is 1. The summed E-state index contributed by atoms with van der Waals surface area (Å²) in [7, 11) is 0. The van der Waals surface area contributed by atoms with Gasteiger partial charge in [0.25, 0.3) is 0 Å². The highest BCUT2D eigenvalue weighted by Gasteiger charge is 2.04. The number of benzene rings is 1. The number of nitrogens with two attached hydrogens (primary N) is 1. The minimum absolute atomic E-state index is 0.359. The lowest BCUT2D eigenvalue weighted by Crippen LogP contribution is -2.06. The Morgan fingerprint density at radius 3 is 3.07 bits per heavy atom. The number of nitrogen functional groups attached to an aromatic ring is 1. The average Bonchev–Trinajstić information content (AvgIpc) is 2.68. The number of aromatic nitrogens is 1. The standard InChI is InChI=1S/C11H15N3O/c1-2-3-4-8-5-6-10-9(7-8)13-11(14-12)15-10/h5-7H,2-4,12H2,1H3,(H,13,14). The normalized spacial score (nSPS) is 10.8. The quantitative estimate of drug-likeness (QED) is 0.594. The number of oxazole rings is 1. The molecule has 15 heavy (non-hydrogen) atoms. The van der Waals surface area contributed by atoms with Crippen LogP contribution >= 0.6 is 0 Å². The van der Waals surface area contributed by atoms with Gasteiger partial charge in [0.2, 0.25) is 0 Å². The van der Waals surface area contributed by atoms with E-state index in [1.165, 1.54) is 18.4 Å². The van der Waals surface area contributed by atoms with Crippen LogP contribution in [0.1, 0.15) is 25.3 Å². The molecule has 0 aliphatic heterocycles. The van der Waals surface area contributed by atoms with E-state index in [0.717, 1.165) is 17.5 Å². The van der Waals surface area contributed by atoms with Crippen molar-refractivity contribution in [1.29, 1.82) is 0 Å². The summed E-state index contributed by atoms with van der Waals surface area (Å²) in [5.41, 5.74) is 5.32. The molecular weight excluding hydrogens is 190 g/mol. The fourth-order valence-electron chi connectivity index (χ4n) is 1.57. The predicted molar refractivity (Wildman–Crippen MR) is 60.4 cm³/mol. The topological polar surface area (TPSA) is 64.1 Å². The van der Waals surface area contributed by atoms with Gasteiger partial charge in [-0.05, 0) is 30.5 Å². The molecule has 1 aromatic carbocycles. The smallest absolute Gasteiger partial charge is 0.310 e. The van der Waals surface area contributed by atoms with Gasteiger partial charge < -0.3 is 4.42 Å². The molecule has 0 bridgehead atoms. The highest BCUT2D eigenvalue weighted by atomic mass is 16.4. The highest BCUT2D eigenvalue weighted by Crippen LogP contribution is 2.20. The minimum Gasteiger partial charge on any atom is -0.423 e. The zero-order valence-electron chi connectivity index (χ0n) is 8.79. The van der Waals surface area contributed by atoms with E-state index in [1.54, 1.807) is 0 Å². The van der Waals surface area contributed by atoms with Crippen molar-refractivity contribution < 1.29 is 4.42 Å². The summed E-state index contributed by atoms with van der Waals surface area (Å²) < 4.78 is 5.33. The van der Waals surface area contributed by atoms with Crippen LogP contribution in [0.3, 0.4) is 0 Å². The molecule has 0 atom stereocenters. The number of unbranched alkanes of at least 4 members (excludes halogenated alkanes) is 1. The van der Waals surface area contributed by atoms with Crippen molar-refractivity contribution >= 4 is 17.1 Å². The summed E-state index contributed by atoms with van der Waals surface area (Å²) in [5.74, 6) is 5.23. The van der Waals surface area contributed by atoms with Crippen LogP contribution in [-0.4, -0.2) is 4.98 Å². The first kappa shape index (κ1) is 9.98. The SMILES string of the molecule is CCCCc1ccc2oc(NN)nc2c1. The molecule has 0 unspecified atom stereocenters. The molecule has 0 radical (unpaired) electrons. The Balaban J connectivity index is 2.29. The zero-order chi connectivity index (χ0) is 10.7. The molecule has 80 valence electrons. The van der Waals surface area contributed by atoms with E-state index in [4.69, 9.17) is 10.3 Å². The van der Waals surface area contributed by atoms with E-state index in [2.05, 4.69) is 29.5 Å². The van der Waals surface area contributed by atoms with Crippen molar-refractivity contribution in [3.63, 3.8) is 0 Å². The maximum Gasteiger partial charge on any atom is 0.310 e. The van der Waals surface area contributed by atoms with Crippen molar-refractivity contribution in [2.24, 2.45) is 5.84 Å². The maximum atomic E-state index is 5.33. The Hall–Kier alpha value is -1.55. The predicted octanol–water partition coefficient (Wildman–Crippen LogP) is 2.46. The lowest BCUT2D eigenvalue weighted by atomic mass is 10.1. The molecule has 3 N–H and O–H groups in total. The summed E-state index contributed by atoms with van der Waals surface area (Å²) in [6.07, 6.45) is 3.49. The largest absolute Gasteiger partial charge is 0.423 e. The molecule has 0 aliphatic carbocycles. The van der Waals surface area contributed by atoms with E-state index < -0.39 is 0 Å². The molecule has 2 aromatic rings. The van der Waals surface area contributed by atoms with Gasteiger partial charge in [0.15, 0.2) is 5.58 Å². The van der Waals surface area contributed by atoms with Crippen molar-refractivity contribution in [2.45, 2.75) is 26.2 Å². The number of fused-ring (bicyclic) bond motifs is 1. The van der Waals surface area contributed by atoms with Crippen molar-refractivity contribution in [3.05, 3.63) is 23.8 Å². The number of hydrogen-bond acceptors (Lipinski definition) is 4. The van der Waals surface area contributed by atoms with Gasteiger partial charge in [-0.1, -0.05) is 19.4 Å². The van der Waals surface area contributed by atoms with Gasteiger partial charge in [0, 0.05) is 0 Å². The Labute approximate surface area is 88.4 Å². The third kappa shape index (κ3) is 2.10. The first-order valence-corrected chi connectivity index (χ1v) is 5.19. The molecule has 0 saturated carbocycles. The first-order valence-electron chi connectivity index (χ1n) is 5.19. The summed E-state index contributed by atoms with van der Waals surface area (Å²) in [6.45, 7) is 2.19. The molecule has 1 heterocycles. The summed E-state index contributed by atoms with van der Waals surface area (Å²) in [6, 6.07) is 6.42. The molecule has 4 nitrogen and oxygen atoms in total. The molecule has 0 fully saturated rings. The molecule has 2 rings (SSSR count). The first-order chi connectivity index (χ1) is 7.33. The lowest BCUT2D eigenvalue weighted by Gasteiger charge is -1.97. The van der Waals surface area contributed by atoms with Crippen molar-refractivity contribution in [2.75, 3.05) is 5.43 Å². The van der Waals surface area contributed by atoms with Gasteiger partial charge in [-0.2, -0.15) is 4.98 Å². The van der Waals surface area contributed by atoms with Crippen LogP contribution in [0.25, 0.3) is 11.1 Å². The zero-order valence-corrected chi connectivity index (χ0v) is 8.79. The van der Waals surface area contributed by atoms with Crippen molar-refractivity contribution in [1.82, 2.24) is 4.98 Å². The Morgan fingerprint density at radius 1 is 1.47 bits per heavy atom. The second-order valence-electron chi connectivity index (χ2n) is 3.57. The number of nitrogens with one attached hydrogen (secondary N) is 1. The lowest BCUT2D eigenvalue weighted by molar-refractivity contribution is 0.616. The minimum atomic E-state index is 0.359. The molecule has 1 aromatic heterocycles. The van der Waals surface area contributed by atoms with Crippen molar-refractivity contribution in [3.8, 4) is 0 Å². The highest BCUT2D eigenvalue weighted by molar-refractivity contribution is 5.75. The number of hydrogen-bond donors (Lipinski definition) is 2. The average molecular weight is 205 g/mol. The van der Waals surface area contributed by atoms with E-state index in [-0.39, 0.29) is 0 Å². The van der Waals surface area contributed by atoms with Crippen LogP contribution in [0.4, 0.5) is 6.01 Å². The molecular formula is C11H15N3O. The monoisotopic (exact) mass is 205 g/mol. The molecule has 0 saturated heterocycles. The van der Waals surface area contributed by atoms with Crippen LogP contribution in [0, 0.1) is 0 Å². The van der Waals surface area contributed by atoms with E-state index in [0.29, 0.717) is 6.01 Å². The molecule has 0 spiro atoms. The fourth-order valence-corrected chi connectivity index (χ4v) is 1.57. The number of aryl methyl sites for hydroxylation is 1. The van der Waals surface area contributed by atoms with Gasteiger partial charge in [-0.15, -0.1) is 0 Å². The number of rotatable bonds is 4. The van der Waals surface area contributed by atoms with Gasteiger partial charge in [0.1, 0.15) is 5.52 Å².